The zero-order valence-electron chi connectivity index (χ0n) is 19.1. The lowest BCUT2D eigenvalue weighted by Crippen LogP contribution is -2.38. The van der Waals surface area contributed by atoms with Crippen molar-refractivity contribution in [1.29, 1.82) is 0 Å². The van der Waals surface area contributed by atoms with Gasteiger partial charge in [0.2, 0.25) is 0 Å². The van der Waals surface area contributed by atoms with Crippen LogP contribution in [0.4, 0.5) is 22.3 Å². The quantitative estimate of drug-likeness (QED) is 0.524. The van der Waals surface area contributed by atoms with Gasteiger partial charge in [-0.25, -0.2) is 14.8 Å². The summed E-state index contributed by atoms with van der Waals surface area (Å²) in [6, 6.07) is 9.81. The van der Waals surface area contributed by atoms with E-state index in [0.29, 0.717) is 37.3 Å². The van der Waals surface area contributed by atoms with Crippen LogP contribution >= 0.6 is 0 Å². The minimum Gasteiger partial charge on any atom is -0.492 e. The fourth-order valence-corrected chi connectivity index (χ4v) is 3.93. The summed E-state index contributed by atoms with van der Waals surface area (Å²) in [6.07, 6.45) is 3.32. The van der Waals surface area contributed by atoms with Crippen LogP contribution in [-0.4, -0.2) is 73.4 Å². The van der Waals surface area contributed by atoms with Crippen molar-refractivity contribution in [3.8, 4) is 17.1 Å². The Morgan fingerprint density at radius 2 is 2.03 bits per heavy atom. The number of carbonyl (C=O) groups is 1. The lowest BCUT2D eigenvalue weighted by molar-refractivity contribution is 0.0322. The second-order valence-electron chi connectivity index (χ2n) is 8.22. The number of nitrogens with one attached hydrogen (secondary N) is 2. The van der Waals surface area contributed by atoms with Crippen LogP contribution in [0.3, 0.4) is 0 Å². The summed E-state index contributed by atoms with van der Waals surface area (Å²) >= 11 is 0. The number of aryl methyl sites for hydroxylation is 1. The molecule has 0 aliphatic carbocycles. The summed E-state index contributed by atoms with van der Waals surface area (Å²) in [5, 5.41) is 6.03. The van der Waals surface area contributed by atoms with E-state index in [-0.39, 0.29) is 6.03 Å². The number of aromatic nitrogens is 2. The van der Waals surface area contributed by atoms with Crippen molar-refractivity contribution in [2.45, 2.75) is 6.92 Å². The van der Waals surface area contributed by atoms with Crippen molar-refractivity contribution in [1.82, 2.24) is 20.2 Å². The van der Waals surface area contributed by atoms with E-state index < -0.39 is 0 Å². The Labute approximate surface area is 197 Å². The van der Waals surface area contributed by atoms with Gasteiger partial charge in [0.15, 0.2) is 5.76 Å². The zero-order valence-corrected chi connectivity index (χ0v) is 19.1. The molecule has 2 aromatic heterocycles. The van der Waals surface area contributed by atoms with Gasteiger partial charge in [-0.2, -0.15) is 0 Å². The number of nitrogens with zero attached hydrogens (tertiary/aromatic N) is 4. The number of rotatable bonds is 8. The molecule has 5 rings (SSSR count). The van der Waals surface area contributed by atoms with Crippen molar-refractivity contribution < 1.29 is 18.7 Å². The van der Waals surface area contributed by atoms with Gasteiger partial charge >= 0.3 is 6.03 Å². The first-order chi connectivity index (χ1) is 16.7. The third-order valence-corrected chi connectivity index (χ3v) is 5.90. The van der Waals surface area contributed by atoms with Crippen LogP contribution < -0.4 is 20.3 Å². The van der Waals surface area contributed by atoms with Crippen LogP contribution in [0.25, 0.3) is 11.3 Å². The van der Waals surface area contributed by atoms with E-state index in [1.54, 1.807) is 17.3 Å². The Kier molecular flexibility index (Phi) is 6.59. The molecule has 2 saturated heterocycles. The summed E-state index contributed by atoms with van der Waals surface area (Å²) in [6.45, 7) is 8.15. The predicted octanol–water partition coefficient (Wildman–Crippen LogP) is 3.03. The van der Waals surface area contributed by atoms with Crippen LogP contribution in [0.15, 0.2) is 47.1 Å². The first-order valence-electron chi connectivity index (χ1n) is 11.4. The van der Waals surface area contributed by atoms with Gasteiger partial charge in [0.1, 0.15) is 18.2 Å². The number of anilines is 3. The maximum atomic E-state index is 11.9. The third kappa shape index (κ3) is 5.13. The number of benzene rings is 1. The second-order valence-corrected chi connectivity index (χ2v) is 8.22. The molecule has 34 heavy (non-hydrogen) atoms. The molecule has 3 aromatic rings. The maximum absolute atomic E-state index is 11.9. The van der Waals surface area contributed by atoms with E-state index in [0.717, 1.165) is 55.4 Å². The van der Waals surface area contributed by atoms with Crippen molar-refractivity contribution in [2.75, 3.05) is 62.8 Å². The molecule has 10 nitrogen and oxygen atoms in total. The predicted molar refractivity (Wildman–Crippen MR) is 128 cm³/mol. The first-order valence-corrected chi connectivity index (χ1v) is 11.4. The van der Waals surface area contributed by atoms with Crippen molar-refractivity contribution in [3.05, 3.63) is 48.3 Å². The molecule has 1 aromatic carbocycles. The summed E-state index contributed by atoms with van der Waals surface area (Å²) in [7, 11) is 0. The van der Waals surface area contributed by atoms with Gasteiger partial charge in [0, 0.05) is 56.2 Å². The monoisotopic (exact) mass is 464 g/mol. The van der Waals surface area contributed by atoms with Gasteiger partial charge < -0.3 is 24.5 Å². The Morgan fingerprint density at radius 1 is 1.15 bits per heavy atom. The number of carbonyl (C=O) groups excluding carboxylic acids is 1. The highest BCUT2D eigenvalue weighted by Gasteiger charge is 2.23. The third-order valence-electron chi connectivity index (χ3n) is 5.90. The number of urea groups is 1. The van der Waals surface area contributed by atoms with Gasteiger partial charge in [-0.05, 0) is 30.7 Å². The molecule has 0 atom stereocenters. The molecule has 0 spiro atoms. The standard InChI is InChI=1S/C24H28N6O4/c1-17-2-3-19(33-13-10-29-8-11-32-12-9-29)15-20(17)28-23-27-16-21(34-23)18-4-5-25-22(14-18)30-7-6-26-24(30)31/h2-5,14-16H,6-13H2,1H3,(H,26,31)(H,27,28). The SMILES string of the molecule is Cc1ccc(OCCN2CCOCC2)cc1Nc1ncc(-c2ccnc(N3CCNC3=O)c2)o1. The number of hydrogen-bond acceptors (Lipinski definition) is 8. The molecule has 10 heteroatoms. The maximum Gasteiger partial charge on any atom is 0.323 e. The fraction of sp³-hybridized carbons (Fsp3) is 0.375. The van der Waals surface area contributed by atoms with Crippen LogP contribution in [0.5, 0.6) is 5.75 Å². The molecule has 0 saturated carbocycles. The molecule has 2 aliphatic heterocycles. The summed E-state index contributed by atoms with van der Waals surface area (Å²) in [5.41, 5.74) is 2.70. The number of hydrogen-bond donors (Lipinski definition) is 2. The van der Waals surface area contributed by atoms with E-state index in [4.69, 9.17) is 13.9 Å². The molecule has 2 N–H and O–H groups in total. The smallest absolute Gasteiger partial charge is 0.323 e. The van der Waals surface area contributed by atoms with Gasteiger partial charge in [0.25, 0.3) is 6.01 Å². The Balaban J connectivity index is 1.24. The molecule has 2 fully saturated rings. The molecule has 0 radical (unpaired) electrons. The minimum atomic E-state index is -0.146. The van der Waals surface area contributed by atoms with E-state index in [1.165, 1.54) is 0 Å². The van der Waals surface area contributed by atoms with E-state index in [9.17, 15) is 4.79 Å². The Bertz CT molecular complexity index is 1140. The second kappa shape index (κ2) is 10.1. The minimum absolute atomic E-state index is 0.146. The number of ether oxygens (including phenoxy) is 2. The van der Waals surface area contributed by atoms with Gasteiger partial charge in [-0.1, -0.05) is 6.07 Å². The van der Waals surface area contributed by atoms with E-state index >= 15 is 0 Å². The molecule has 2 aliphatic rings. The largest absolute Gasteiger partial charge is 0.492 e. The van der Waals surface area contributed by atoms with Crippen LogP contribution in [0.2, 0.25) is 0 Å². The average molecular weight is 465 g/mol. The molecular weight excluding hydrogens is 436 g/mol. The number of pyridine rings is 1. The molecule has 4 heterocycles. The normalized spacial score (nSPS) is 16.5. The molecule has 2 amide bonds. The van der Waals surface area contributed by atoms with Crippen molar-refractivity contribution in [3.63, 3.8) is 0 Å². The highest BCUT2D eigenvalue weighted by molar-refractivity contribution is 5.93. The van der Waals surface area contributed by atoms with Gasteiger partial charge in [0.05, 0.1) is 19.4 Å². The first kappa shape index (κ1) is 22.2. The molecule has 178 valence electrons. The van der Waals surface area contributed by atoms with Gasteiger partial charge in [-0.3, -0.25) is 9.80 Å². The lowest BCUT2D eigenvalue weighted by Gasteiger charge is -2.26. The summed E-state index contributed by atoms with van der Waals surface area (Å²) < 4.78 is 17.3. The fourth-order valence-electron chi connectivity index (χ4n) is 3.93. The van der Waals surface area contributed by atoms with Gasteiger partial charge in [-0.15, -0.1) is 0 Å². The Hall–Kier alpha value is -3.63. The van der Waals surface area contributed by atoms with Crippen molar-refractivity contribution >= 4 is 23.6 Å². The van der Waals surface area contributed by atoms with E-state index in [2.05, 4.69) is 25.5 Å². The number of morpholine rings is 1. The lowest BCUT2D eigenvalue weighted by atomic mass is 10.2. The Morgan fingerprint density at radius 3 is 2.85 bits per heavy atom. The van der Waals surface area contributed by atoms with Crippen molar-refractivity contribution in [2.24, 2.45) is 0 Å². The van der Waals surface area contributed by atoms with E-state index in [1.807, 2.05) is 37.3 Å². The zero-order chi connectivity index (χ0) is 23.3. The van der Waals surface area contributed by atoms with Crippen LogP contribution in [-0.2, 0) is 4.74 Å². The van der Waals surface area contributed by atoms with Crippen LogP contribution in [0, 0.1) is 6.92 Å². The summed E-state index contributed by atoms with van der Waals surface area (Å²) in [5.74, 6) is 1.95. The molecular formula is C24H28N6O4. The highest BCUT2D eigenvalue weighted by Crippen LogP contribution is 2.29. The number of amides is 2. The molecule has 0 bridgehead atoms. The number of oxazole rings is 1. The summed E-state index contributed by atoms with van der Waals surface area (Å²) in [4.78, 5) is 24.6. The average Bonchev–Trinajstić information content (AvgIpc) is 3.51. The van der Waals surface area contributed by atoms with Crippen LogP contribution in [0.1, 0.15) is 5.56 Å². The topological polar surface area (TPSA) is 105 Å². The molecule has 0 unspecified atom stereocenters. The highest BCUT2D eigenvalue weighted by atomic mass is 16.5.